The molecule has 0 atom stereocenters. The monoisotopic (exact) mass is 388 g/mol. The summed E-state index contributed by atoms with van der Waals surface area (Å²) in [5.74, 6) is 0.945. The highest BCUT2D eigenvalue weighted by molar-refractivity contribution is 5.80. The summed E-state index contributed by atoms with van der Waals surface area (Å²) in [6, 6.07) is 4.05. The Labute approximate surface area is 165 Å². The molecule has 0 fully saturated rings. The van der Waals surface area contributed by atoms with Crippen molar-refractivity contribution in [3.8, 4) is 17.1 Å². The first-order valence-electron chi connectivity index (χ1n) is 9.35. The molecule has 152 valence electrons. The second-order valence-corrected chi connectivity index (χ2v) is 6.81. The Morgan fingerprint density at radius 2 is 1.86 bits per heavy atom. The second kappa shape index (κ2) is 10.1. The van der Waals surface area contributed by atoms with Crippen molar-refractivity contribution in [3.05, 3.63) is 35.3 Å². The topological polar surface area (TPSA) is 72.9 Å². The number of nitrogens with one attached hydrogen (secondary N) is 1. The molecule has 3 heterocycles. The Bertz CT molecular complexity index is 905. The molecule has 0 aliphatic rings. The van der Waals surface area contributed by atoms with Crippen molar-refractivity contribution in [2.75, 3.05) is 27.5 Å². The predicted octanol–water partition coefficient (Wildman–Crippen LogP) is 4.76. The van der Waals surface area contributed by atoms with Crippen molar-refractivity contribution in [1.29, 1.82) is 0 Å². The molecule has 0 radical (unpaired) electrons. The van der Waals surface area contributed by atoms with Crippen LogP contribution in [0.25, 0.3) is 22.4 Å². The average molecular weight is 388 g/mol. The number of hydrogen-bond donors (Lipinski definition) is 1. The molecule has 3 rings (SSSR count). The van der Waals surface area contributed by atoms with E-state index in [4.69, 9.17) is 9.72 Å². The third-order valence-corrected chi connectivity index (χ3v) is 4.27. The molecule has 28 heavy (non-hydrogen) atoms. The number of fused-ring (bicyclic) bond motifs is 1. The van der Waals surface area contributed by atoms with Gasteiger partial charge in [0.05, 0.1) is 30.7 Å². The number of aryl methyl sites for hydroxylation is 2. The Morgan fingerprint density at radius 3 is 2.43 bits per heavy atom. The Kier molecular flexibility index (Phi) is 7.87. The molecule has 0 aromatic carbocycles. The Balaban J connectivity index is 0.000000409. The maximum absolute atomic E-state index is 11.1. The number of rotatable bonds is 6. The maximum Gasteiger partial charge on any atom is 0.222 e. The third kappa shape index (κ3) is 5.04. The van der Waals surface area contributed by atoms with Crippen LogP contribution in [0.1, 0.15) is 43.1 Å². The fourth-order valence-corrected chi connectivity index (χ4v) is 2.71. The lowest BCUT2D eigenvalue weighted by atomic mass is 10.1. The summed E-state index contributed by atoms with van der Waals surface area (Å²) in [6.45, 7) is 8.46. The van der Waals surface area contributed by atoms with Gasteiger partial charge in [-0.05, 0) is 43.9 Å². The van der Waals surface area contributed by atoms with Crippen LogP contribution in [0, 0.1) is 13.8 Å². The van der Waals surface area contributed by atoms with E-state index < -0.39 is 0 Å². The highest BCUT2D eigenvalue weighted by Gasteiger charge is 2.16. The van der Waals surface area contributed by atoms with Gasteiger partial charge in [0.25, 0.3) is 0 Å². The zero-order valence-corrected chi connectivity index (χ0v) is 17.5. The number of H-pyrrole nitrogens is 1. The summed E-state index contributed by atoms with van der Waals surface area (Å²) in [5, 5.41) is 0. The highest BCUT2D eigenvalue weighted by atomic mass is 19.1. The molecule has 1 N–H and O–H groups in total. The van der Waals surface area contributed by atoms with Crippen molar-refractivity contribution in [1.82, 2.24) is 19.9 Å². The van der Waals surface area contributed by atoms with Crippen LogP contribution in [0.3, 0.4) is 0 Å². The number of methoxy groups -OCH3 is 2. The quantitative estimate of drug-likeness (QED) is 0.616. The standard InChI is InChI=1S/C17H20N4O.C4H9FO/c1-9(2)13-7-6-12(17(20-13)22-5)15-11(4)19-16-14(21-15)10(3)8-18-16;1-6-4-2-3-5/h6-9H,1-5H3,(H,18,19);2-4H2,1H3. The Morgan fingerprint density at radius 1 is 1.11 bits per heavy atom. The van der Waals surface area contributed by atoms with Gasteiger partial charge in [-0.15, -0.1) is 0 Å². The molecule has 7 heteroatoms. The molecule has 3 aromatic heterocycles. The van der Waals surface area contributed by atoms with Gasteiger partial charge in [-0.25, -0.2) is 15.0 Å². The number of alkyl halides is 1. The van der Waals surface area contributed by atoms with Crippen LogP contribution in [0.5, 0.6) is 5.88 Å². The van der Waals surface area contributed by atoms with E-state index in [2.05, 4.69) is 33.5 Å². The number of nitrogens with zero attached hydrogens (tertiary/aromatic N) is 3. The van der Waals surface area contributed by atoms with Gasteiger partial charge < -0.3 is 14.5 Å². The molecule has 6 nitrogen and oxygen atoms in total. The van der Waals surface area contributed by atoms with Crippen molar-refractivity contribution in [3.63, 3.8) is 0 Å². The molecule has 0 aliphatic heterocycles. The number of aromatic amines is 1. The molecular weight excluding hydrogens is 359 g/mol. The lowest BCUT2D eigenvalue weighted by Crippen LogP contribution is -2.01. The number of hydrogen-bond acceptors (Lipinski definition) is 5. The van der Waals surface area contributed by atoms with Crippen LogP contribution in [0.4, 0.5) is 4.39 Å². The zero-order chi connectivity index (χ0) is 20.7. The first kappa shape index (κ1) is 21.8. The number of ether oxygens (including phenoxy) is 2. The fraction of sp³-hybridized carbons (Fsp3) is 0.476. The normalized spacial score (nSPS) is 10.9. The summed E-state index contributed by atoms with van der Waals surface area (Å²) in [4.78, 5) is 17.1. The van der Waals surface area contributed by atoms with Gasteiger partial charge >= 0.3 is 0 Å². The summed E-state index contributed by atoms with van der Waals surface area (Å²) in [6.07, 6.45) is 2.45. The first-order chi connectivity index (χ1) is 13.4. The minimum atomic E-state index is -0.270. The number of aromatic nitrogens is 4. The third-order valence-electron chi connectivity index (χ3n) is 4.27. The molecular formula is C21H29FN4O2. The van der Waals surface area contributed by atoms with Crippen molar-refractivity contribution in [2.45, 2.75) is 40.0 Å². The molecule has 0 unspecified atom stereocenters. The summed E-state index contributed by atoms with van der Waals surface area (Å²) < 4.78 is 21.1. The largest absolute Gasteiger partial charge is 0.480 e. The van der Waals surface area contributed by atoms with Gasteiger partial charge in [-0.2, -0.15) is 0 Å². The van der Waals surface area contributed by atoms with Crippen molar-refractivity contribution >= 4 is 11.2 Å². The molecule has 0 aliphatic carbocycles. The van der Waals surface area contributed by atoms with E-state index in [-0.39, 0.29) is 6.67 Å². The second-order valence-electron chi connectivity index (χ2n) is 6.81. The van der Waals surface area contributed by atoms with Gasteiger partial charge in [0, 0.05) is 25.6 Å². The molecule has 0 bridgehead atoms. The van der Waals surface area contributed by atoms with Crippen LogP contribution in [0.15, 0.2) is 18.3 Å². The number of halogens is 1. The SMILES string of the molecule is COCCCF.COc1nc(C(C)C)ccc1-c1nc2c(C)c[nH]c2nc1C. The van der Waals surface area contributed by atoms with Crippen LogP contribution < -0.4 is 4.74 Å². The first-order valence-corrected chi connectivity index (χ1v) is 9.35. The maximum atomic E-state index is 11.1. The van der Waals surface area contributed by atoms with E-state index in [1.54, 1.807) is 14.2 Å². The van der Waals surface area contributed by atoms with E-state index in [9.17, 15) is 4.39 Å². The molecule has 0 spiro atoms. The molecule has 3 aromatic rings. The molecule has 0 amide bonds. The van der Waals surface area contributed by atoms with Crippen LogP contribution >= 0.6 is 0 Å². The van der Waals surface area contributed by atoms with E-state index in [0.29, 0.717) is 24.8 Å². The number of pyridine rings is 1. The van der Waals surface area contributed by atoms with E-state index >= 15 is 0 Å². The van der Waals surface area contributed by atoms with E-state index in [1.807, 2.05) is 32.2 Å². The summed E-state index contributed by atoms with van der Waals surface area (Å²) >= 11 is 0. The van der Waals surface area contributed by atoms with Gasteiger partial charge in [0.2, 0.25) is 5.88 Å². The van der Waals surface area contributed by atoms with Crippen LogP contribution in [-0.4, -0.2) is 47.4 Å². The minimum absolute atomic E-state index is 0.270. The fourth-order valence-electron chi connectivity index (χ4n) is 2.71. The van der Waals surface area contributed by atoms with Gasteiger partial charge in [-0.3, -0.25) is 4.39 Å². The molecule has 0 saturated heterocycles. The lowest BCUT2D eigenvalue weighted by Gasteiger charge is -2.12. The summed E-state index contributed by atoms with van der Waals surface area (Å²) in [7, 11) is 3.20. The average Bonchev–Trinajstić information content (AvgIpc) is 3.05. The van der Waals surface area contributed by atoms with E-state index in [0.717, 1.165) is 39.4 Å². The van der Waals surface area contributed by atoms with E-state index in [1.165, 1.54) is 0 Å². The highest BCUT2D eigenvalue weighted by Crippen LogP contribution is 2.31. The van der Waals surface area contributed by atoms with Crippen molar-refractivity contribution in [2.24, 2.45) is 0 Å². The predicted molar refractivity (Wildman–Crippen MR) is 110 cm³/mol. The van der Waals surface area contributed by atoms with Gasteiger partial charge in [0.15, 0.2) is 5.65 Å². The summed E-state index contributed by atoms with van der Waals surface area (Å²) in [5.41, 5.74) is 6.32. The van der Waals surface area contributed by atoms with Gasteiger partial charge in [-0.1, -0.05) is 13.8 Å². The van der Waals surface area contributed by atoms with Crippen LogP contribution in [0.2, 0.25) is 0 Å². The lowest BCUT2D eigenvalue weighted by molar-refractivity contribution is 0.186. The smallest absolute Gasteiger partial charge is 0.222 e. The molecule has 0 saturated carbocycles. The minimum Gasteiger partial charge on any atom is -0.480 e. The van der Waals surface area contributed by atoms with Gasteiger partial charge in [0.1, 0.15) is 5.52 Å². The van der Waals surface area contributed by atoms with Crippen LogP contribution in [-0.2, 0) is 4.74 Å². The Hall–Kier alpha value is -2.54. The van der Waals surface area contributed by atoms with Crippen molar-refractivity contribution < 1.29 is 13.9 Å². The zero-order valence-electron chi connectivity index (χ0n) is 17.5.